The zero-order valence-corrected chi connectivity index (χ0v) is 10.1. The van der Waals surface area contributed by atoms with Crippen molar-refractivity contribution < 1.29 is 0 Å². The van der Waals surface area contributed by atoms with Crippen molar-refractivity contribution in [2.75, 3.05) is 25.9 Å². The molecule has 0 amide bonds. The summed E-state index contributed by atoms with van der Waals surface area (Å²) in [5.41, 5.74) is 6.81. The van der Waals surface area contributed by atoms with Crippen LogP contribution in [0, 0.1) is 0 Å². The van der Waals surface area contributed by atoms with Crippen molar-refractivity contribution in [3.05, 3.63) is 29.8 Å². The first-order valence-corrected chi connectivity index (χ1v) is 6.63. The molecule has 1 aromatic carbocycles. The smallest absolute Gasteiger partial charge is 0.00693 e. The molecule has 0 atom stereocenters. The van der Waals surface area contributed by atoms with Gasteiger partial charge in [0.25, 0.3) is 0 Å². The number of nitrogens with one attached hydrogen (secondary N) is 1. The molecule has 0 aliphatic carbocycles. The molecular formula is C12H20N2S. The van der Waals surface area contributed by atoms with Crippen molar-refractivity contribution in [2.24, 2.45) is 5.73 Å². The van der Waals surface area contributed by atoms with E-state index in [1.165, 1.54) is 10.5 Å². The topological polar surface area (TPSA) is 38.0 Å². The number of rotatable bonds is 7. The molecule has 0 heterocycles. The molecule has 3 heteroatoms. The largest absolute Gasteiger partial charge is 0.330 e. The van der Waals surface area contributed by atoms with Crippen LogP contribution in [-0.4, -0.2) is 25.9 Å². The van der Waals surface area contributed by atoms with Crippen LogP contribution in [-0.2, 0) is 6.42 Å². The van der Waals surface area contributed by atoms with Crippen molar-refractivity contribution >= 4 is 11.8 Å². The highest BCUT2D eigenvalue weighted by molar-refractivity contribution is 7.98. The Kier molecular flexibility index (Phi) is 6.48. The third-order valence-electron chi connectivity index (χ3n) is 2.31. The summed E-state index contributed by atoms with van der Waals surface area (Å²) in [6.07, 6.45) is 4.26. The van der Waals surface area contributed by atoms with E-state index < -0.39 is 0 Å². The van der Waals surface area contributed by atoms with Gasteiger partial charge in [-0.25, -0.2) is 0 Å². The normalized spacial score (nSPS) is 10.5. The van der Waals surface area contributed by atoms with Gasteiger partial charge in [-0.3, -0.25) is 0 Å². The van der Waals surface area contributed by atoms with Gasteiger partial charge in [0.15, 0.2) is 0 Å². The first-order chi connectivity index (χ1) is 7.36. The van der Waals surface area contributed by atoms with Gasteiger partial charge in [-0.15, -0.1) is 11.8 Å². The Morgan fingerprint density at radius 2 is 1.93 bits per heavy atom. The predicted octanol–water partition coefficient (Wildman–Crippen LogP) is 1.89. The Labute approximate surface area is 96.6 Å². The first kappa shape index (κ1) is 12.6. The lowest BCUT2D eigenvalue weighted by atomic mass is 10.1. The van der Waals surface area contributed by atoms with Crippen molar-refractivity contribution in [3.63, 3.8) is 0 Å². The fraction of sp³-hybridized carbons (Fsp3) is 0.500. The lowest BCUT2D eigenvalue weighted by Gasteiger charge is -2.04. The molecule has 0 saturated heterocycles. The number of nitrogens with two attached hydrogens (primary N) is 1. The molecule has 15 heavy (non-hydrogen) atoms. The quantitative estimate of drug-likeness (QED) is 0.549. The summed E-state index contributed by atoms with van der Waals surface area (Å²) >= 11 is 1.78. The van der Waals surface area contributed by atoms with E-state index in [-0.39, 0.29) is 0 Å². The third-order valence-corrected chi connectivity index (χ3v) is 3.05. The van der Waals surface area contributed by atoms with E-state index in [2.05, 4.69) is 35.8 Å². The average molecular weight is 224 g/mol. The van der Waals surface area contributed by atoms with E-state index in [9.17, 15) is 0 Å². The molecule has 0 aliphatic rings. The summed E-state index contributed by atoms with van der Waals surface area (Å²) in [5, 5.41) is 3.38. The molecule has 0 spiro atoms. The van der Waals surface area contributed by atoms with Gasteiger partial charge in [0.2, 0.25) is 0 Å². The maximum Gasteiger partial charge on any atom is 0.00693 e. The third kappa shape index (κ3) is 5.21. The summed E-state index contributed by atoms with van der Waals surface area (Å²) < 4.78 is 0. The summed E-state index contributed by atoms with van der Waals surface area (Å²) in [6, 6.07) is 8.77. The first-order valence-electron chi connectivity index (χ1n) is 5.40. The van der Waals surface area contributed by atoms with E-state index >= 15 is 0 Å². The van der Waals surface area contributed by atoms with E-state index in [0.29, 0.717) is 0 Å². The Morgan fingerprint density at radius 3 is 2.53 bits per heavy atom. The van der Waals surface area contributed by atoms with Crippen LogP contribution in [0.3, 0.4) is 0 Å². The lowest BCUT2D eigenvalue weighted by molar-refractivity contribution is 0.653. The van der Waals surface area contributed by atoms with Crippen molar-refractivity contribution in [2.45, 2.75) is 17.7 Å². The molecule has 84 valence electrons. The molecule has 0 radical (unpaired) electrons. The van der Waals surface area contributed by atoms with E-state index in [4.69, 9.17) is 5.73 Å². The van der Waals surface area contributed by atoms with Gasteiger partial charge in [0.1, 0.15) is 0 Å². The highest BCUT2D eigenvalue weighted by Gasteiger charge is 1.93. The molecule has 0 fully saturated rings. The zero-order chi connectivity index (χ0) is 10.9. The van der Waals surface area contributed by atoms with E-state index in [0.717, 1.165) is 32.5 Å². The second kappa shape index (κ2) is 7.74. The Morgan fingerprint density at radius 1 is 1.20 bits per heavy atom. The van der Waals surface area contributed by atoms with E-state index in [1.807, 2.05) is 0 Å². The standard InChI is InChI=1S/C12H20N2S/c1-15-12-5-3-11(4-6-12)7-10-14-9-2-8-13/h3-6,14H,2,7-10,13H2,1H3. The van der Waals surface area contributed by atoms with Crippen LogP contribution in [0.25, 0.3) is 0 Å². The van der Waals surface area contributed by atoms with Crippen molar-refractivity contribution in [1.82, 2.24) is 5.32 Å². The zero-order valence-electron chi connectivity index (χ0n) is 9.33. The molecular weight excluding hydrogens is 204 g/mol. The maximum atomic E-state index is 5.41. The van der Waals surface area contributed by atoms with Gasteiger partial charge >= 0.3 is 0 Å². The van der Waals surface area contributed by atoms with Crippen LogP contribution < -0.4 is 11.1 Å². The fourth-order valence-corrected chi connectivity index (χ4v) is 1.79. The summed E-state index contributed by atoms with van der Waals surface area (Å²) in [7, 11) is 0. The fourth-order valence-electron chi connectivity index (χ4n) is 1.38. The van der Waals surface area contributed by atoms with Gasteiger partial charge in [-0.05, 0) is 56.4 Å². The van der Waals surface area contributed by atoms with Crippen LogP contribution in [0.15, 0.2) is 29.2 Å². The summed E-state index contributed by atoms with van der Waals surface area (Å²) in [4.78, 5) is 1.33. The SMILES string of the molecule is CSc1ccc(CCNCCCN)cc1. The minimum Gasteiger partial charge on any atom is -0.330 e. The monoisotopic (exact) mass is 224 g/mol. The molecule has 1 aromatic rings. The van der Waals surface area contributed by atoms with Gasteiger partial charge in [0, 0.05) is 4.90 Å². The molecule has 0 unspecified atom stereocenters. The summed E-state index contributed by atoms with van der Waals surface area (Å²) in [6.45, 7) is 2.84. The number of thioether (sulfide) groups is 1. The molecule has 0 bridgehead atoms. The Balaban J connectivity index is 2.20. The minimum absolute atomic E-state index is 0.773. The van der Waals surface area contributed by atoms with Crippen LogP contribution in [0.1, 0.15) is 12.0 Å². The lowest BCUT2D eigenvalue weighted by Crippen LogP contribution is -2.20. The predicted molar refractivity (Wildman–Crippen MR) is 68.5 cm³/mol. The molecule has 0 saturated carbocycles. The molecule has 0 aromatic heterocycles. The Hall–Kier alpha value is -0.510. The second-order valence-electron chi connectivity index (χ2n) is 3.49. The minimum atomic E-state index is 0.773. The van der Waals surface area contributed by atoms with Crippen LogP contribution in [0.4, 0.5) is 0 Å². The molecule has 0 aliphatic heterocycles. The van der Waals surface area contributed by atoms with Crippen molar-refractivity contribution in [1.29, 1.82) is 0 Å². The summed E-state index contributed by atoms with van der Waals surface area (Å²) in [5.74, 6) is 0. The molecule has 2 nitrogen and oxygen atoms in total. The Bertz CT molecular complexity index is 259. The van der Waals surface area contributed by atoms with Crippen LogP contribution in [0.5, 0.6) is 0 Å². The highest BCUT2D eigenvalue weighted by atomic mass is 32.2. The van der Waals surface area contributed by atoms with Gasteiger partial charge < -0.3 is 11.1 Å². The number of hydrogen-bond donors (Lipinski definition) is 2. The highest BCUT2D eigenvalue weighted by Crippen LogP contribution is 2.14. The average Bonchev–Trinajstić information content (AvgIpc) is 2.30. The van der Waals surface area contributed by atoms with Gasteiger partial charge in [-0.1, -0.05) is 12.1 Å². The maximum absolute atomic E-state index is 5.41. The number of hydrogen-bond acceptors (Lipinski definition) is 3. The number of benzene rings is 1. The van der Waals surface area contributed by atoms with Crippen molar-refractivity contribution in [3.8, 4) is 0 Å². The second-order valence-corrected chi connectivity index (χ2v) is 4.37. The molecule has 1 rings (SSSR count). The van der Waals surface area contributed by atoms with Crippen LogP contribution >= 0.6 is 11.8 Å². The van der Waals surface area contributed by atoms with Gasteiger partial charge in [0.05, 0.1) is 0 Å². The van der Waals surface area contributed by atoms with Crippen LogP contribution in [0.2, 0.25) is 0 Å². The molecule has 3 N–H and O–H groups in total. The van der Waals surface area contributed by atoms with Gasteiger partial charge in [-0.2, -0.15) is 0 Å². The van der Waals surface area contributed by atoms with E-state index in [1.54, 1.807) is 11.8 Å².